The first kappa shape index (κ1) is 15.8. The number of aromatic nitrogens is 2. The lowest BCUT2D eigenvalue weighted by atomic mass is 10.2. The average molecular weight is 392 g/mol. The number of H-pyrrole nitrogens is 1. The molecule has 116 valence electrons. The zero-order valence-corrected chi connectivity index (χ0v) is 14.3. The Balaban J connectivity index is 2.02. The predicted molar refractivity (Wildman–Crippen MR) is 94.7 cm³/mol. The van der Waals surface area contributed by atoms with Gasteiger partial charge in [0.1, 0.15) is 17.9 Å². The van der Waals surface area contributed by atoms with Gasteiger partial charge < -0.3 is 9.72 Å². The Morgan fingerprint density at radius 2 is 2.09 bits per heavy atom. The minimum absolute atomic E-state index is 0.174. The second-order valence-corrected chi connectivity index (χ2v) is 6.12. The lowest BCUT2D eigenvalue weighted by molar-refractivity contribution is 0.0550. The number of aromatic amines is 1. The third kappa shape index (κ3) is 3.30. The molecule has 0 radical (unpaired) electrons. The molecule has 2 aromatic carbocycles. The zero-order valence-electron chi connectivity index (χ0n) is 12.0. The van der Waals surface area contributed by atoms with Crippen molar-refractivity contribution >= 4 is 44.5 Å². The van der Waals surface area contributed by atoms with Gasteiger partial charge in [0.15, 0.2) is 0 Å². The van der Waals surface area contributed by atoms with Gasteiger partial charge in [-0.1, -0.05) is 24.3 Å². The highest BCUT2D eigenvalue weighted by atomic mass is 79.9. The molecule has 0 atom stereocenters. The molecule has 1 aromatic heterocycles. The minimum atomic E-state index is -0.407. The van der Waals surface area contributed by atoms with E-state index in [0.29, 0.717) is 16.4 Å². The largest absolute Gasteiger partial charge is 0.458 e. The first-order chi connectivity index (χ1) is 11.1. The molecule has 0 unspecified atom stereocenters. The van der Waals surface area contributed by atoms with Gasteiger partial charge in [-0.05, 0) is 52.3 Å². The highest BCUT2D eigenvalue weighted by molar-refractivity contribution is 9.10. The van der Waals surface area contributed by atoms with E-state index in [1.54, 1.807) is 24.3 Å². The summed E-state index contributed by atoms with van der Waals surface area (Å²) in [5, 5.41) is 0.665. The summed E-state index contributed by atoms with van der Waals surface area (Å²) in [6.45, 7) is 3.70. The van der Waals surface area contributed by atoms with Crippen LogP contribution >= 0.6 is 27.5 Å². The van der Waals surface area contributed by atoms with Crippen LogP contribution in [0, 0.1) is 0 Å². The summed E-state index contributed by atoms with van der Waals surface area (Å²) >= 11 is 9.35. The maximum atomic E-state index is 12.0. The van der Waals surface area contributed by atoms with E-state index in [2.05, 4.69) is 32.5 Å². The Hall–Kier alpha value is -2.11. The third-order valence-corrected chi connectivity index (χ3v) is 4.08. The van der Waals surface area contributed by atoms with E-state index in [0.717, 1.165) is 21.1 Å². The number of rotatable bonds is 4. The first-order valence-electron chi connectivity index (χ1n) is 6.81. The number of nitrogens with one attached hydrogen (secondary N) is 1. The summed E-state index contributed by atoms with van der Waals surface area (Å²) in [5.74, 6) is 0.295. The summed E-state index contributed by atoms with van der Waals surface area (Å²) in [7, 11) is 0. The molecule has 0 aliphatic heterocycles. The topological polar surface area (TPSA) is 55.0 Å². The van der Waals surface area contributed by atoms with Crippen molar-refractivity contribution < 1.29 is 9.53 Å². The summed E-state index contributed by atoms with van der Waals surface area (Å²) in [6.07, 6.45) is 1.53. The standard InChI is InChI=1S/C17H12BrClN2O2/c1-2-7-23-17(22)11-8-13(18)15-14(9-11)20-16(21-15)10-3-5-12(19)6-4-10/h2-6,8-9H,1,7H2,(H,20,21). The zero-order chi connectivity index (χ0) is 16.4. The molecule has 3 rings (SSSR count). The summed E-state index contributed by atoms with van der Waals surface area (Å²) < 4.78 is 5.78. The van der Waals surface area contributed by atoms with E-state index in [9.17, 15) is 4.79 Å². The number of fused-ring (bicyclic) bond motifs is 1. The molecule has 4 nitrogen and oxygen atoms in total. The van der Waals surface area contributed by atoms with Crippen LogP contribution in [0.1, 0.15) is 10.4 Å². The quantitative estimate of drug-likeness (QED) is 0.503. The fraction of sp³-hybridized carbons (Fsp3) is 0.0588. The van der Waals surface area contributed by atoms with Crippen LogP contribution in [-0.4, -0.2) is 22.5 Å². The molecular weight excluding hydrogens is 380 g/mol. The van der Waals surface area contributed by atoms with Crippen LogP contribution < -0.4 is 0 Å². The van der Waals surface area contributed by atoms with Crippen molar-refractivity contribution in [3.8, 4) is 11.4 Å². The number of ether oxygens (including phenoxy) is 1. The van der Waals surface area contributed by atoms with Crippen molar-refractivity contribution in [3.63, 3.8) is 0 Å². The van der Waals surface area contributed by atoms with E-state index in [4.69, 9.17) is 16.3 Å². The van der Waals surface area contributed by atoms with E-state index in [1.165, 1.54) is 6.08 Å². The van der Waals surface area contributed by atoms with Gasteiger partial charge in [0.05, 0.1) is 11.1 Å². The number of hydrogen-bond acceptors (Lipinski definition) is 3. The smallest absolute Gasteiger partial charge is 0.338 e. The van der Waals surface area contributed by atoms with Gasteiger partial charge in [-0.3, -0.25) is 0 Å². The molecule has 6 heteroatoms. The molecule has 3 aromatic rings. The molecule has 0 aliphatic carbocycles. The SMILES string of the molecule is C=CCOC(=O)c1cc(Br)c2nc(-c3ccc(Cl)cc3)[nH]c2c1. The van der Waals surface area contributed by atoms with Gasteiger partial charge in [0.2, 0.25) is 0 Å². The Morgan fingerprint density at radius 3 is 2.78 bits per heavy atom. The second kappa shape index (κ2) is 6.56. The number of nitrogens with zero attached hydrogens (tertiary/aromatic N) is 1. The highest BCUT2D eigenvalue weighted by Crippen LogP contribution is 2.28. The molecule has 0 saturated heterocycles. The van der Waals surface area contributed by atoms with Crippen LogP contribution in [0.4, 0.5) is 0 Å². The van der Waals surface area contributed by atoms with Crippen LogP contribution in [0.15, 0.2) is 53.5 Å². The molecule has 0 fully saturated rings. The molecule has 0 amide bonds. The number of carbonyl (C=O) groups excluding carboxylic acids is 1. The van der Waals surface area contributed by atoms with E-state index in [-0.39, 0.29) is 6.61 Å². The maximum absolute atomic E-state index is 12.0. The normalized spacial score (nSPS) is 10.7. The number of carbonyl (C=O) groups is 1. The third-order valence-electron chi connectivity index (χ3n) is 3.23. The molecule has 0 bridgehead atoms. The molecule has 1 N–H and O–H groups in total. The number of esters is 1. The Morgan fingerprint density at radius 1 is 1.35 bits per heavy atom. The highest BCUT2D eigenvalue weighted by Gasteiger charge is 2.14. The lowest BCUT2D eigenvalue weighted by Gasteiger charge is -2.02. The van der Waals surface area contributed by atoms with Crippen LogP contribution in [0.25, 0.3) is 22.4 Å². The Kier molecular flexibility index (Phi) is 4.50. The lowest BCUT2D eigenvalue weighted by Crippen LogP contribution is -2.05. The van der Waals surface area contributed by atoms with Crippen molar-refractivity contribution in [2.24, 2.45) is 0 Å². The van der Waals surface area contributed by atoms with Gasteiger partial charge in [0, 0.05) is 15.1 Å². The van der Waals surface area contributed by atoms with Crippen LogP contribution in [0.2, 0.25) is 5.02 Å². The van der Waals surface area contributed by atoms with E-state index in [1.807, 2.05) is 12.1 Å². The van der Waals surface area contributed by atoms with Crippen LogP contribution in [0.3, 0.4) is 0 Å². The summed E-state index contributed by atoms with van der Waals surface area (Å²) in [5.41, 5.74) is 2.84. The Labute approximate surface area is 146 Å². The van der Waals surface area contributed by atoms with Gasteiger partial charge in [-0.25, -0.2) is 9.78 Å². The minimum Gasteiger partial charge on any atom is -0.458 e. The van der Waals surface area contributed by atoms with E-state index >= 15 is 0 Å². The van der Waals surface area contributed by atoms with Gasteiger partial charge in [0.25, 0.3) is 0 Å². The molecular formula is C17H12BrClN2O2. The van der Waals surface area contributed by atoms with Crippen molar-refractivity contribution in [1.82, 2.24) is 9.97 Å². The molecule has 0 spiro atoms. The summed E-state index contributed by atoms with van der Waals surface area (Å²) in [6, 6.07) is 10.8. The van der Waals surface area contributed by atoms with Gasteiger partial charge in [-0.2, -0.15) is 0 Å². The predicted octanol–water partition coefficient (Wildman–Crippen LogP) is 4.99. The molecule has 1 heterocycles. The average Bonchev–Trinajstić information content (AvgIpc) is 2.98. The van der Waals surface area contributed by atoms with Crippen LogP contribution in [-0.2, 0) is 4.74 Å². The number of hydrogen-bond donors (Lipinski definition) is 1. The maximum Gasteiger partial charge on any atom is 0.338 e. The molecule has 0 saturated carbocycles. The monoisotopic (exact) mass is 390 g/mol. The molecule has 23 heavy (non-hydrogen) atoms. The number of halogens is 2. The number of benzene rings is 2. The fourth-order valence-corrected chi connectivity index (χ4v) is 2.83. The van der Waals surface area contributed by atoms with Crippen molar-refractivity contribution in [3.05, 3.63) is 64.1 Å². The van der Waals surface area contributed by atoms with Crippen molar-refractivity contribution in [2.45, 2.75) is 0 Å². The summed E-state index contributed by atoms with van der Waals surface area (Å²) in [4.78, 5) is 19.7. The van der Waals surface area contributed by atoms with Gasteiger partial charge in [-0.15, -0.1) is 0 Å². The van der Waals surface area contributed by atoms with E-state index < -0.39 is 5.97 Å². The molecule has 0 aliphatic rings. The first-order valence-corrected chi connectivity index (χ1v) is 7.99. The fourth-order valence-electron chi connectivity index (χ4n) is 2.16. The van der Waals surface area contributed by atoms with Crippen LogP contribution in [0.5, 0.6) is 0 Å². The van der Waals surface area contributed by atoms with Crippen molar-refractivity contribution in [2.75, 3.05) is 6.61 Å². The number of imidazole rings is 1. The second-order valence-electron chi connectivity index (χ2n) is 4.83. The van der Waals surface area contributed by atoms with Gasteiger partial charge >= 0.3 is 5.97 Å². The Bertz CT molecular complexity index is 887. The van der Waals surface area contributed by atoms with Crippen molar-refractivity contribution in [1.29, 1.82) is 0 Å².